The van der Waals surface area contributed by atoms with Crippen LogP contribution in [0.3, 0.4) is 0 Å². The van der Waals surface area contributed by atoms with Gasteiger partial charge in [-0.1, -0.05) is 71.0 Å². The summed E-state index contributed by atoms with van der Waals surface area (Å²) in [5.41, 5.74) is 4.25. The average molecular weight is 374 g/mol. The highest BCUT2D eigenvalue weighted by molar-refractivity contribution is 5.76. The Balaban J connectivity index is 2.30. The highest BCUT2D eigenvalue weighted by atomic mass is 15.2. The summed E-state index contributed by atoms with van der Waals surface area (Å²) in [7, 11) is 0. The molecular formula is C25H31N3. The molecule has 0 radical (unpaired) electrons. The Bertz CT molecular complexity index is 845. The van der Waals surface area contributed by atoms with Gasteiger partial charge in [-0.3, -0.25) is 9.88 Å². The second-order valence-electron chi connectivity index (χ2n) is 7.90. The van der Waals surface area contributed by atoms with Crippen LogP contribution >= 0.6 is 0 Å². The summed E-state index contributed by atoms with van der Waals surface area (Å²) in [6.07, 6.45) is 3.99. The van der Waals surface area contributed by atoms with Crippen molar-refractivity contribution in [2.24, 2.45) is 0 Å². The lowest BCUT2D eigenvalue weighted by molar-refractivity contribution is 0.424. The third-order valence-electron chi connectivity index (χ3n) is 5.74. The Morgan fingerprint density at radius 3 is 1.79 bits per heavy atom. The molecule has 0 unspecified atom stereocenters. The summed E-state index contributed by atoms with van der Waals surface area (Å²) in [6, 6.07) is 20.9. The minimum Gasteiger partial charge on any atom is -0.294 e. The van der Waals surface area contributed by atoms with Crippen molar-refractivity contribution in [3.05, 3.63) is 78.2 Å². The topological polar surface area (TPSA) is 29.0 Å². The molecule has 2 aromatic carbocycles. The van der Waals surface area contributed by atoms with Gasteiger partial charge in [0.15, 0.2) is 5.82 Å². The molecule has 0 spiro atoms. The van der Waals surface area contributed by atoms with Gasteiger partial charge in [-0.15, -0.1) is 0 Å². The largest absolute Gasteiger partial charge is 0.294 e. The number of para-hydroxylation sites is 2. The maximum Gasteiger partial charge on any atom is 0.160 e. The molecule has 0 aliphatic heterocycles. The van der Waals surface area contributed by atoms with E-state index in [-0.39, 0.29) is 5.41 Å². The zero-order chi connectivity index (χ0) is 20.1. The Hall–Kier alpha value is -2.68. The Morgan fingerprint density at radius 2 is 1.36 bits per heavy atom. The molecule has 3 nitrogen and oxygen atoms in total. The highest BCUT2D eigenvalue weighted by Gasteiger charge is 2.31. The quantitative estimate of drug-likeness (QED) is 0.440. The van der Waals surface area contributed by atoms with Crippen LogP contribution in [-0.4, -0.2) is 9.97 Å². The van der Waals surface area contributed by atoms with E-state index in [9.17, 15) is 0 Å². The summed E-state index contributed by atoms with van der Waals surface area (Å²) >= 11 is 0. The number of aromatic nitrogens is 2. The molecule has 3 rings (SSSR count). The number of nitrogens with zero attached hydrogens (tertiary/aromatic N) is 3. The van der Waals surface area contributed by atoms with Crippen LogP contribution in [0, 0.1) is 0 Å². The van der Waals surface area contributed by atoms with Crippen molar-refractivity contribution in [1.82, 2.24) is 9.97 Å². The van der Waals surface area contributed by atoms with Gasteiger partial charge >= 0.3 is 0 Å². The van der Waals surface area contributed by atoms with Crippen LogP contribution in [0.15, 0.2) is 66.9 Å². The molecule has 0 fully saturated rings. The predicted octanol–water partition coefficient (Wildman–Crippen LogP) is 7.15. The van der Waals surface area contributed by atoms with Crippen LogP contribution in [0.1, 0.15) is 64.8 Å². The van der Waals surface area contributed by atoms with Crippen LogP contribution in [0.25, 0.3) is 0 Å². The number of hydrogen-bond acceptors (Lipinski definition) is 3. The summed E-state index contributed by atoms with van der Waals surface area (Å²) < 4.78 is 0. The second-order valence-corrected chi connectivity index (χ2v) is 7.90. The van der Waals surface area contributed by atoms with Gasteiger partial charge in [0.05, 0.1) is 11.4 Å². The molecule has 0 amide bonds. The van der Waals surface area contributed by atoms with Crippen LogP contribution in [0.5, 0.6) is 0 Å². The molecule has 0 saturated heterocycles. The molecule has 0 N–H and O–H groups in total. The summed E-state index contributed by atoms with van der Waals surface area (Å²) in [6.45, 7) is 11.1. The summed E-state index contributed by atoms with van der Waals surface area (Å²) in [5, 5.41) is 0. The van der Waals surface area contributed by atoms with Gasteiger partial charge < -0.3 is 0 Å². The molecule has 1 heterocycles. The fraction of sp³-hybridized carbons (Fsp3) is 0.360. The van der Waals surface area contributed by atoms with Crippen LogP contribution in [0.2, 0.25) is 0 Å². The van der Waals surface area contributed by atoms with Gasteiger partial charge in [0.1, 0.15) is 0 Å². The van der Waals surface area contributed by atoms with E-state index in [1.807, 2.05) is 18.3 Å². The van der Waals surface area contributed by atoms with E-state index in [2.05, 4.69) is 88.0 Å². The van der Waals surface area contributed by atoms with Crippen molar-refractivity contribution >= 4 is 17.2 Å². The summed E-state index contributed by atoms with van der Waals surface area (Å²) in [5.74, 6) is 1.26. The molecule has 3 heteroatoms. The standard InChI is InChI=1S/C25H31N3/c1-6-25(5,7-2)23-24(27-22(18-26-23)19(3)4)28(20-14-10-8-11-15-20)21-16-12-9-13-17-21/h8-19H,6-7H2,1-5H3. The average Bonchev–Trinajstić information content (AvgIpc) is 2.75. The number of benzene rings is 2. The fourth-order valence-corrected chi connectivity index (χ4v) is 3.39. The lowest BCUT2D eigenvalue weighted by atomic mass is 9.80. The first-order valence-corrected chi connectivity index (χ1v) is 10.3. The highest BCUT2D eigenvalue weighted by Crippen LogP contribution is 2.41. The number of hydrogen-bond donors (Lipinski definition) is 0. The fourth-order valence-electron chi connectivity index (χ4n) is 3.39. The Labute approximate surface area is 169 Å². The first-order chi connectivity index (χ1) is 13.5. The lowest BCUT2D eigenvalue weighted by Crippen LogP contribution is -2.27. The molecular weight excluding hydrogens is 342 g/mol. The van der Waals surface area contributed by atoms with Gasteiger partial charge in [-0.25, -0.2) is 4.98 Å². The molecule has 146 valence electrons. The van der Waals surface area contributed by atoms with Crippen molar-refractivity contribution in [2.75, 3.05) is 4.90 Å². The normalized spacial score (nSPS) is 11.6. The van der Waals surface area contributed by atoms with Gasteiger partial charge in [-0.2, -0.15) is 0 Å². The minimum atomic E-state index is -0.0281. The molecule has 3 aromatic rings. The van der Waals surface area contributed by atoms with E-state index < -0.39 is 0 Å². The second kappa shape index (κ2) is 8.55. The molecule has 28 heavy (non-hydrogen) atoms. The van der Waals surface area contributed by atoms with E-state index in [4.69, 9.17) is 9.97 Å². The van der Waals surface area contributed by atoms with Crippen LogP contribution < -0.4 is 4.90 Å². The summed E-state index contributed by atoms with van der Waals surface area (Å²) in [4.78, 5) is 12.4. The predicted molar refractivity (Wildman–Crippen MR) is 119 cm³/mol. The molecule has 0 atom stereocenters. The minimum absolute atomic E-state index is 0.0281. The molecule has 0 aliphatic rings. The molecule has 0 aliphatic carbocycles. The maximum absolute atomic E-state index is 5.15. The monoisotopic (exact) mass is 373 g/mol. The zero-order valence-corrected chi connectivity index (χ0v) is 17.7. The van der Waals surface area contributed by atoms with Gasteiger partial charge in [0.25, 0.3) is 0 Å². The van der Waals surface area contributed by atoms with E-state index in [1.165, 1.54) is 0 Å². The van der Waals surface area contributed by atoms with E-state index in [0.29, 0.717) is 5.92 Å². The van der Waals surface area contributed by atoms with Gasteiger partial charge in [-0.05, 0) is 43.0 Å². The molecule has 1 aromatic heterocycles. The van der Waals surface area contributed by atoms with Crippen molar-refractivity contribution in [3.63, 3.8) is 0 Å². The smallest absolute Gasteiger partial charge is 0.160 e. The Morgan fingerprint density at radius 1 is 0.857 bits per heavy atom. The molecule has 0 bridgehead atoms. The Kier molecular flexibility index (Phi) is 6.13. The van der Waals surface area contributed by atoms with Crippen molar-refractivity contribution in [1.29, 1.82) is 0 Å². The van der Waals surface area contributed by atoms with Crippen molar-refractivity contribution in [3.8, 4) is 0 Å². The number of anilines is 3. The maximum atomic E-state index is 5.15. The van der Waals surface area contributed by atoms with Crippen molar-refractivity contribution in [2.45, 2.75) is 58.8 Å². The third-order valence-corrected chi connectivity index (χ3v) is 5.74. The van der Waals surface area contributed by atoms with E-state index >= 15 is 0 Å². The first-order valence-electron chi connectivity index (χ1n) is 10.3. The molecule has 0 saturated carbocycles. The van der Waals surface area contributed by atoms with E-state index in [0.717, 1.165) is 41.4 Å². The number of rotatable bonds is 7. The van der Waals surface area contributed by atoms with Crippen molar-refractivity contribution < 1.29 is 0 Å². The third kappa shape index (κ3) is 3.94. The lowest BCUT2D eigenvalue weighted by Gasteiger charge is -2.33. The van der Waals surface area contributed by atoms with Gasteiger partial charge in [0, 0.05) is 23.0 Å². The van der Waals surface area contributed by atoms with E-state index in [1.54, 1.807) is 0 Å². The van der Waals surface area contributed by atoms with Crippen LogP contribution in [-0.2, 0) is 5.41 Å². The zero-order valence-electron chi connectivity index (χ0n) is 17.7. The van der Waals surface area contributed by atoms with Gasteiger partial charge in [0.2, 0.25) is 0 Å². The SMILES string of the molecule is CCC(C)(CC)c1ncc(C(C)C)nc1N(c1ccccc1)c1ccccc1. The van der Waals surface area contributed by atoms with Crippen LogP contribution in [0.4, 0.5) is 17.2 Å². The first kappa shape index (κ1) is 20.1.